The second-order valence-electron chi connectivity index (χ2n) is 7.58. The highest BCUT2D eigenvalue weighted by Gasteiger charge is 2.51. The molecule has 0 spiro atoms. The molecule has 3 saturated carbocycles. The number of amides is 2. The predicted molar refractivity (Wildman–Crippen MR) is 87.0 cm³/mol. The summed E-state index contributed by atoms with van der Waals surface area (Å²) in [5.74, 6) is 3.82. The lowest BCUT2D eigenvalue weighted by molar-refractivity contribution is -0.145. The van der Waals surface area contributed by atoms with Crippen molar-refractivity contribution >= 4 is 11.8 Å². The third-order valence-corrected chi connectivity index (χ3v) is 6.84. The first kappa shape index (κ1) is 16.0. The topological polar surface area (TPSA) is 46.2 Å². The molecule has 3 nitrogen and oxygen atoms in total. The Kier molecular flexibility index (Phi) is 4.89. The molecule has 0 aromatic rings. The van der Waals surface area contributed by atoms with Crippen LogP contribution in [0, 0.1) is 35.5 Å². The maximum atomic E-state index is 12.1. The second kappa shape index (κ2) is 6.72. The molecule has 1 N–H and O–H groups in total. The van der Waals surface area contributed by atoms with Crippen LogP contribution in [0.2, 0.25) is 0 Å². The summed E-state index contributed by atoms with van der Waals surface area (Å²) in [5, 5.41) is 2.55. The molecule has 3 aliphatic carbocycles. The molecule has 22 heavy (non-hydrogen) atoms. The van der Waals surface area contributed by atoms with Crippen LogP contribution < -0.4 is 5.32 Å². The van der Waals surface area contributed by atoms with Crippen LogP contribution >= 0.6 is 0 Å². The Labute approximate surface area is 134 Å². The van der Waals surface area contributed by atoms with Gasteiger partial charge in [-0.05, 0) is 61.7 Å². The van der Waals surface area contributed by atoms with Crippen molar-refractivity contribution < 1.29 is 9.59 Å². The summed E-state index contributed by atoms with van der Waals surface area (Å²) in [4.78, 5) is 23.8. The summed E-state index contributed by atoms with van der Waals surface area (Å²) in [7, 11) is 0. The van der Waals surface area contributed by atoms with Gasteiger partial charge >= 0.3 is 0 Å². The van der Waals surface area contributed by atoms with E-state index in [4.69, 9.17) is 0 Å². The number of piperidine rings is 1. The summed E-state index contributed by atoms with van der Waals surface area (Å²) in [5.41, 5.74) is 0. The van der Waals surface area contributed by atoms with Crippen molar-refractivity contribution in [2.45, 2.75) is 71.6 Å². The lowest BCUT2D eigenvalue weighted by Crippen LogP contribution is -2.53. The lowest BCUT2D eigenvalue weighted by Gasteiger charge is -2.53. The molecular formula is C19H31NO2. The molecule has 6 unspecified atom stereocenters. The molecule has 2 amide bonds. The third-order valence-electron chi connectivity index (χ3n) is 6.84. The maximum Gasteiger partial charge on any atom is 0.229 e. The van der Waals surface area contributed by atoms with Crippen molar-refractivity contribution in [3.8, 4) is 0 Å². The zero-order valence-electron chi connectivity index (χ0n) is 14.1. The van der Waals surface area contributed by atoms with Gasteiger partial charge < -0.3 is 0 Å². The highest BCUT2D eigenvalue weighted by Crippen LogP contribution is 2.55. The third kappa shape index (κ3) is 2.72. The van der Waals surface area contributed by atoms with Crippen LogP contribution in [0.5, 0.6) is 0 Å². The van der Waals surface area contributed by atoms with Gasteiger partial charge in [0.1, 0.15) is 0 Å². The molecule has 1 heterocycles. The summed E-state index contributed by atoms with van der Waals surface area (Å²) in [6, 6.07) is 0. The molecule has 4 rings (SSSR count). The van der Waals surface area contributed by atoms with Gasteiger partial charge in [-0.1, -0.05) is 33.1 Å². The van der Waals surface area contributed by atoms with E-state index in [1.165, 1.54) is 44.9 Å². The van der Waals surface area contributed by atoms with Gasteiger partial charge in [0, 0.05) is 12.3 Å². The Morgan fingerprint density at radius 3 is 2.27 bits per heavy atom. The zero-order valence-corrected chi connectivity index (χ0v) is 14.1. The fourth-order valence-corrected chi connectivity index (χ4v) is 6.06. The van der Waals surface area contributed by atoms with Crippen LogP contribution in [0.3, 0.4) is 0 Å². The minimum absolute atomic E-state index is 0.0236. The largest absolute Gasteiger partial charge is 0.296 e. The standard InChI is InChI=1S/C17H25NO2.C2H6/c19-16-9-15-13-6-5-10-3-1-2-4-11(10)12(13)7-8-14(15)17(20)18-16;1-2/h10-15H,1-9H2,(H,18,19,20);1-2H3. The van der Waals surface area contributed by atoms with Crippen molar-refractivity contribution in [3.05, 3.63) is 0 Å². The number of fused-ring (bicyclic) bond motifs is 5. The summed E-state index contributed by atoms with van der Waals surface area (Å²) in [6.07, 6.45) is 11.1. The minimum Gasteiger partial charge on any atom is -0.296 e. The van der Waals surface area contributed by atoms with E-state index in [0.29, 0.717) is 18.3 Å². The van der Waals surface area contributed by atoms with Crippen molar-refractivity contribution in [2.24, 2.45) is 35.5 Å². The SMILES string of the molecule is CC.O=C1CC2C(CCC3C4CCCCC4CCC23)C(=O)N1. The number of rotatable bonds is 0. The number of imide groups is 1. The Morgan fingerprint density at radius 1 is 0.773 bits per heavy atom. The Bertz CT molecular complexity index is 433. The number of carbonyl (C=O) groups excluding carboxylic acids is 2. The van der Waals surface area contributed by atoms with E-state index in [2.05, 4.69) is 5.32 Å². The van der Waals surface area contributed by atoms with Crippen LogP contribution in [0.15, 0.2) is 0 Å². The molecule has 0 aromatic carbocycles. The van der Waals surface area contributed by atoms with Crippen LogP contribution in [0.25, 0.3) is 0 Å². The van der Waals surface area contributed by atoms with Gasteiger partial charge in [0.15, 0.2) is 0 Å². The lowest BCUT2D eigenvalue weighted by atomic mass is 9.52. The molecule has 6 atom stereocenters. The molecule has 0 radical (unpaired) electrons. The number of nitrogens with one attached hydrogen (secondary N) is 1. The fraction of sp³-hybridized carbons (Fsp3) is 0.895. The van der Waals surface area contributed by atoms with Gasteiger partial charge in [0.05, 0.1) is 0 Å². The smallest absolute Gasteiger partial charge is 0.229 e. The van der Waals surface area contributed by atoms with E-state index in [0.717, 1.165) is 24.2 Å². The van der Waals surface area contributed by atoms with E-state index in [1.807, 2.05) is 13.8 Å². The highest BCUT2D eigenvalue weighted by molar-refractivity contribution is 5.99. The van der Waals surface area contributed by atoms with Crippen LogP contribution in [-0.2, 0) is 9.59 Å². The molecule has 4 fully saturated rings. The minimum atomic E-state index is -0.0253. The average molecular weight is 305 g/mol. The van der Waals surface area contributed by atoms with E-state index >= 15 is 0 Å². The highest BCUT2D eigenvalue weighted by atomic mass is 16.2. The van der Waals surface area contributed by atoms with Crippen LogP contribution in [0.1, 0.15) is 71.6 Å². The van der Waals surface area contributed by atoms with Gasteiger partial charge in [0.25, 0.3) is 0 Å². The number of hydrogen-bond donors (Lipinski definition) is 1. The van der Waals surface area contributed by atoms with E-state index < -0.39 is 0 Å². The Hall–Kier alpha value is -0.860. The monoisotopic (exact) mass is 305 g/mol. The van der Waals surface area contributed by atoms with Crippen molar-refractivity contribution in [3.63, 3.8) is 0 Å². The number of hydrogen-bond acceptors (Lipinski definition) is 2. The summed E-state index contributed by atoms with van der Waals surface area (Å²) in [6.45, 7) is 4.00. The zero-order chi connectivity index (χ0) is 15.7. The van der Waals surface area contributed by atoms with E-state index in [9.17, 15) is 9.59 Å². The Morgan fingerprint density at radius 2 is 1.45 bits per heavy atom. The van der Waals surface area contributed by atoms with Crippen LogP contribution in [0.4, 0.5) is 0 Å². The normalized spacial score (nSPS) is 43.7. The number of carbonyl (C=O) groups is 2. The molecule has 1 aliphatic heterocycles. The van der Waals surface area contributed by atoms with Crippen molar-refractivity contribution in [1.29, 1.82) is 0 Å². The summed E-state index contributed by atoms with van der Waals surface area (Å²) >= 11 is 0. The van der Waals surface area contributed by atoms with Crippen molar-refractivity contribution in [1.82, 2.24) is 5.32 Å². The average Bonchev–Trinajstić information content (AvgIpc) is 2.56. The molecule has 4 aliphatic rings. The van der Waals surface area contributed by atoms with Gasteiger partial charge in [-0.15, -0.1) is 0 Å². The van der Waals surface area contributed by atoms with E-state index in [-0.39, 0.29) is 17.7 Å². The first-order valence-corrected chi connectivity index (χ1v) is 9.57. The molecule has 124 valence electrons. The van der Waals surface area contributed by atoms with Crippen molar-refractivity contribution in [2.75, 3.05) is 0 Å². The molecule has 0 bridgehead atoms. The molecule has 0 aromatic heterocycles. The molecule has 1 saturated heterocycles. The second-order valence-corrected chi connectivity index (χ2v) is 7.58. The van der Waals surface area contributed by atoms with Gasteiger partial charge in [-0.3, -0.25) is 14.9 Å². The van der Waals surface area contributed by atoms with Gasteiger partial charge in [0.2, 0.25) is 11.8 Å². The van der Waals surface area contributed by atoms with Gasteiger partial charge in [-0.25, -0.2) is 0 Å². The molecular weight excluding hydrogens is 274 g/mol. The maximum absolute atomic E-state index is 12.1. The fourth-order valence-electron chi connectivity index (χ4n) is 6.06. The first-order valence-electron chi connectivity index (χ1n) is 9.57. The molecule has 3 heteroatoms. The van der Waals surface area contributed by atoms with Gasteiger partial charge in [-0.2, -0.15) is 0 Å². The quantitative estimate of drug-likeness (QED) is 0.690. The first-order chi connectivity index (χ1) is 10.7. The predicted octanol–water partition coefficient (Wildman–Crippen LogP) is 3.92. The summed E-state index contributed by atoms with van der Waals surface area (Å²) < 4.78 is 0. The van der Waals surface area contributed by atoms with E-state index in [1.54, 1.807) is 0 Å². The Balaban J connectivity index is 0.000000693. The van der Waals surface area contributed by atoms with Crippen LogP contribution in [-0.4, -0.2) is 11.8 Å².